The minimum Gasteiger partial charge on any atom is -0.344 e. The van der Waals surface area contributed by atoms with Crippen LogP contribution in [0.25, 0.3) is 75.7 Å². The Bertz CT molecular complexity index is 3160. The van der Waals surface area contributed by atoms with Crippen LogP contribution in [-0.4, -0.2) is 4.57 Å². The topological polar surface area (TPSA) is 11.4 Å². The first-order chi connectivity index (χ1) is 28.5. The van der Waals surface area contributed by atoms with Crippen LogP contribution in [0.4, 0.5) is 32.8 Å². The number of benzene rings is 8. The average molecular weight is 780 g/mol. The van der Waals surface area contributed by atoms with E-state index >= 15 is 0 Å². The molecule has 276 valence electrons. The predicted molar refractivity (Wildman–Crippen MR) is 256 cm³/mol. The Morgan fingerprint density at radius 1 is 0.431 bits per heavy atom. The summed E-state index contributed by atoms with van der Waals surface area (Å²) in [6, 6.07) is 62.1. The molecule has 0 saturated heterocycles. The molecule has 3 aromatic heterocycles. The summed E-state index contributed by atoms with van der Waals surface area (Å²) in [5.74, 6) is 0. The van der Waals surface area contributed by atoms with Crippen LogP contribution < -0.4 is 9.80 Å². The molecule has 0 bridgehead atoms. The van der Waals surface area contributed by atoms with Crippen molar-refractivity contribution < 1.29 is 0 Å². The number of fused-ring (bicyclic) bond motifs is 7. The fourth-order valence-corrected chi connectivity index (χ4v) is 10.8. The van der Waals surface area contributed by atoms with Crippen molar-refractivity contribution in [2.75, 3.05) is 9.80 Å². The van der Waals surface area contributed by atoms with Crippen LogP contribution in [0.5, 0.6) is 0 Å². The molecule has 3 heterocycles. The minimum atomic E-state index is 1.10. The molecule has 0 spiro atoms. The Kier molecular flexibility index (Phi) is 8.07. The third kappa shape index (κ3) is 5.54. The lowest BCUT2D eigenvalue weighted by atomic mass is 10.1. The number of aryl methyl sites for hydroxylation is 1. The maximum absolute atomic E-state index is 3.99. The van der Waals surface area contributed by atoms with E-state index in [1.54, 1.807) is 0 Å². The number of rotatable bonds is 8. The first kappa shape index (κ1) is 34.3. The van der Waals surface area contributed by atoms with Crippen molar-refractivity contribution >= 4 is 131 Å². The van der Waals surface area contributed by atoms with E-state index in [2.05, 4.69) is 204 Å². The van der Waals surface area contributed by atoms with Gasteiger partial charge in [0.25, 0.3) is 0 Å². The largest absolute Gasteiger partial charge is 0.344 e. The number of hydrogen-bond acceptors (Lipinski definition) is 4. The molecule has 11 aromatic rings. The van der Waals surface area contributed by atoms with Crippen LogP contribution in [-0.2, 0) is 7.05 Å². The molecular formula is C53H37N3S2. The highest BCUT2D eigenvalue weighted by atomic mass is 32.1. The van der Waals surface area contributed by atoms with Gasteiger partial charge in [0.15, 0.2) is 0 Å². The van der Waals surface area contributed by atoms with Gasteiger partial charge in [0.1, 0.15) is 10.0 Å². The van der Waals surface area contributed by atoms with Crippen molar-refractivity contribution in [1.29, 1.82) is 0 Å². The number of anilines is 6. The van der Waals surface area contributed by atoms with Crippen LogP contribution in [0.15, 0.2) is 183 Å². The lowest BCUT2D eigenvalue weighted by molar-refractivity contribution is 1.02. The summed E-state index contributed by atoms with van der Waals surface area (Å²) < 4.78 is 4.89. The van der Waals surface area contributed by atoms with Crippen molar-refractivity contribution in [3.63, 3.8) is 0 Å². The van der Waals surface area contributed by atoms with E-state index in [0.717, 1.165) is 33.9 Å². The van der Waals surface area contributed by atoms with Crippen LogP contribution in [0.2, 0.25) is 0 Å². The minimum absolute atomic E-state index is 1.10. The van der Waals surface area contributed by atoms with E-state index in [9.17, 15) is 0 Å². The zero-order chi connectivity index (χ0) is 38.9. The molecule has 8 aromatic carbocycles. The van der Waals surface area contributed by atoms with Gasteiger partial charge in [-0.25, -0.2) is 0 Å². The van der Waals surface area contributed by atoms with Crippen molar-refractivity contribution in [3.05, 3.63) is 194 Å². The Balaban J connectivity index is 1.06. The Hall–Kier alpha value is -6.92. The maximum atomic E-state index is 3.99. The quantitative estimate of drug-likeness (QED) is 0.152. The second-order valence-electron chi connectivity index (χ2n) is 14.8. The molecule has 0 aliphatic carbocycles. The second kappa shape index (κ2) is 13.6. The predicted octanol–water partition coefficient (Wildman–Crippen LogP) is 16.3. The monoisotopic (exact) mass is 779 g/mol. The van der Waals surface area contributed by atoms with Gasteiger partial charge in [0, 0.05) is 60.4 Å². The van der Waals surface area contributed by atoms with Crippen LogP contribution in [0, 0.1) is 0 Å². The second-order valence-corrected chi connectivity index (χ2v) is 16.9. The van der Waals surface area contributed by atoms with E-state index in [4.69, 9.17) is 0 Å². The maximum Gasteiger partial charge on any atom is 0.101 e. The smallest absolute Gasteiger partial charge is 0.101 e. The van der Waals surface area contributed by atoms with Crippen molar-refractivity contribution in [1.82, 2.24) is 4.57 Å². The molecule has 11 rings (SSSR count). The van der Waals surface area contributed by atoms with Gasteiger partial charge in [-0.05, 0) is 105 Å². The first-order valence-electron chi connectivity index (χ1n) is 19.4. The molecule has 0 radical (unpaired) electrons. The number of hydrogen-bond donors (Lipinski definition) is 0. The Morgan fingerprint density at radius 2 is 0.845 bits per heavy atom. The van der Waals surface area contributed by atoms with Crippen LogP contribution in [0.3, 0.4) is 0 Å². The van der Waals surface area contributed by atoms with Crippen LogP contribution in [0.1, 0.15) is 11.1 Å². The summed E-state index contributed by atoms with van der Waals surface area (Å²) in [7, 11) is 2.20. The summed E-state index contributed by atoms with van der Waals surface area (Å²) in [4.78, 5) is 4.82. The molecule has 58 heavy (non-hydrogen) atoms. The molecule has 5 heteroatoms. The van der Waals surface area contributed by atoms with Crippen molar-refractivity contribution in [3.8, 4) is 0 Å². The fraction of sp³-hybridized carbons (Fsp3) is 0.0189. The average Bonchev–Trinajstić information content (AvgIpc) is 3.96. The fourth-order valence-electron chi connectivity index (χ4n) is 8.55. The summed E-state index contributed by atoms with van der Waals surface area (Å²) in [5.41, 5.74) is 9.24. The molecule has 0 atom stereocenters. The summed E-state index contributed by atoms with van der Waals surface area (Å²) in [6.07, 6.45) is 3.80. The van der Waals surface area contributed by atoms with Gasteiger partial charge in [-0.1, -0.05) is 122 Å². The number of nitrogens with zero attached hydrogens (tertiary/aromatic N) is 3. The molecule has 0 unspecified atom stereocenters. The van der Waals surface area contributed by atoms with Crippen molar-refractivity contribution in [2.45, 2.75) is 0 Å². The lowest BCUT2D eigenvalue weighted by Gasteiger charge is -2.25. The van der Waals surface area contributed by atoms with Gasteiger partial charge in [-0.15, -0.1) is 22.7 Å². The van der Waals surface area contributed by atoms with E-state index in [0.29, 0.717) is 0 Å². The van der Waals surface area contributed by atoms with Crippen molar-refractivity contribution in [2.24, 2.45) is 7.05 Å². The van der Waals surface area contributed by atoms with E-state index in [1.165, 1.54) is 73.5 Å². The van der Waals surface area contributed by atoms with E-state index in [-0.39, 0.29) is 0 Å². The number of thiophene rings is 2. The molecule has 3 nitrogen and oxygen atoms in total. The van der Waals surface area contributed by atoms with Gasteiger partial charge < -0.3 is 14.4 Å². The molecule has 0 saturated carbocycles. The van der Waals surface area contributed by atoms with Gasteiger partial charge in [-0.2, -0.15) is 0 Å². The van der Waals surface area contributed by atoms with Crippen LogP contribution >= 0.6 is 22.7 Å². The normalized spacial score (nSPS) is 11.7. The van der Waals surface area contributed by atoms with Gasteiger partial charge in [0.05, 0.1) is 11.4 Å². The zero-order valence-electron chi connectivity index (χ0n) is 31.9. The molecular weight excluding hydrogens is 743 g/mol. The number of aromatic nitrogens is 1. The van der Waals surface area contributed by atoms with E-state index < -0.39 is 0 Å². The molecule has 0 aliphatic heterocycles. The first-order valence-corrected chi connectivity index (χ1v) is 21.1. The molecule has 0 aliphatic rings. The third-order valence-electron chi connectivity index (χ3n) is 11.5. The summed E-state index contributed by atoms with van der Waals surface area (Å²) >= 11 is 3.69. The SMILES string of the molecule is C=Cc1ccc(N(c2cc3cc4c(cc3s2)c2cc3sc(N(c5ccc(C=C)cc5)c5cccc6ccccc56)cc3cc2n4C)c2cccc3ccccc23)cc1. The Morgan fingerprint density at radius 3 is 1.28 bits per heavy atom. The summed E-state index contributed by atoms with van der Waals surface area (Å²) in [5, 5.41) is 12.3. The third-order valence-corrected chi connectivity index (χ3v) is 13.7. The van der Waals surface area contributed by atoms with Gasteiger partial charge >= 0.3 is 0 Å². The highest BCUT2D eigenvalue weighted by Gasteiger charge is 2.22. The zero-order valence-corrected chi connectivity index (χ0v) is 33.5. The van der Waals surface area contributed by atoms with E-state index in [1.807, 2.05) is 34.8 Å². The highest BCUT2D eigenvalue weighted by molar-refractivity contribution is 7.23. The molecule has 0 amide bonds. The molecule has 0 N–H and O–H groups in total. The lowest BCUT2D eigenvalue weighted by Crippen LogP contribution is -2.08. The Labute approximate surface area is 344 Å². The highest BCUT2D eigenvalue weighted by Crippen LogP contribution is 2.48. The standard InChI is InChI=1S/C53H37N3S2/c1-4-34-20-24-40(25-21-34)55(46-18-10-14-36-12-6-8-16-42(36)46)52-30-38-28-48-44(32-50(38)57-52)45-33-51-39(29-49(45)54(48)3)31-53(58-51)56(41-26-22-35(5-2)23-27-41)47-19-11-15-37-13-7-9-17-43(37)47/h4-33H,1-2H2,3H3. The summed E-state index contributed by atoms with van der Waals surface area (Å²) in [6.45, 7) is 7.98. The van der Waals surface area contributed by atoms with Gasteiger partial charge in [-0.3, -0.25) is 0 Å². The molecule has 0 fully saturated rings. The van der Waals surface area contributed by atoms with Gasteiger partial charge in [0.2, 0.25) is 0 Å².